The second-order valence-electron chi connectivity index (χ2n) is 4.49. The minimum Gasteiger partial charge on any atom is -0.355 e. The van der Waals surface area contributed by atoms with Crippen LogP contribution in [0.1, 0.15) is 18.4 Å². The lowest BCUT2D eigenvalue weighted by molar-refractivity contribution is -0.124. The molecule has 104 valence electrons. The van der Waals surface area contributed by atoms with Crippen LogP contribution in [0.4, 0.5) is 0 Å². The van der Waals surface area contributed by atoms with Crippen molar-refractivity contribution >= 4 is 27.5 Å². The molecule has 1 heterocycles. The number of hydrogen-bond donors (Lipinski definition) is 2. The fraction of sp³-hybridized carbons (Fsp3) is 0.417. The Hall–Kier alpha value is -1.11. The van der Waals surface area contributed by atoms with Gasteiger partial charge in [-0.1, -0.05) is 23.7 Å². The summed E-state index contributed by atoms with van der Waals surface area (Å²) in [5.74, 6) is -0.292. The number of hydrogen-bond acceptors (Lipinski definition) is 3. The molecule has 1 aromatic carbocycles. The van der Waals surface area contributed by atoms with E-state index in [1.165, 1.54) is 6.07 Å². The van der Waals surface area contributed by atoms with Crippen molar-refractivity contribution in [2.24, 2.45) is 0 Å². The van der Waals surface area contributed by atoms with Crippen LogP contribution >= 0.6 is 11.6 Å². The standard InChI is InChI=1S/C12H15ClN2O3S/c1-8-4-2-5-9(13)11(8)19(17,18)15-10-6-3-7-14-12(10)16/h2,4-5,10,15H,3,6-7H2,1H3,(H,14,16). The zero-order chi connectivity index (χ0) is 14.0. The van der Waals surface area contributed by atoms with Gasteiger partial charge < -0.3 is 5.32 Å². The second kappa shape index (κ2) is 5.48. The number of piperidine rings is 1. The summed E-state index contributed by atoms with van der Waals surface area (Å²) in [6.07, 6.45) is 1.25. The third kappa shape index (κ3) is 3.08. The average molecular weight is 303 g/mol. The maximum absolute atomic E-state index is 12.3. The van der Waals surface area contributed by atoms with Gasteiger partial charge in [0.05, 0.1) is 5.02 Å². The van der Waals surface area contributed by atoms with Crippen molar-refractivity contribution in [3.05, 3.63) is 28.8 Å². The van der Waals surface area contributed by atoms with E-state index in [9.17, 15) is 13.2 Å². The number of sulfonamides is 1. The highest BCUT2D eigenvalue weighted by Crippen LogP contribution is 2.25. The minimum absolute atomic E-state index is 0.0371. The van der Waals surface area contributed by atoms with Crippen LogP contribution in [0.2, 0.25) is 5.02 Å². The van der Waals surface area contributed by atoms with E-state index in [2.05, 4.69) is 10.0 Å². The molecule has 1 fully saturated rings. The molecule has 1 aliphatic heterocycles. The van der Waals surface area contributed by atoms with Crippen molar-refractivity contribution < 1.29 is 13.2 Å². The molecule has 5 nitrogen and oxygen atoms in total. The molecule has 1 saturated heterocycles. The molecule has 1 aliphatic rings. The molecule has 2 N–H and O–H groups in total. The van der Waals surface area contributed by atoms with Crippen LogP contribution in [0, 0.1) is 6.92 Å². The molecule has 0 spiro atoms. The van der Waals surface area contributed by atoms with Gasteiger partial charge in [-0.3, -0.25) is 4.79 Å². The Kier molecular flexibility index (Phi) is 4.13. The lowest BCUT2D eigenvalue weighted by Crippen LogP contribution is -2.50. The number of carbonyl (C=O) groups excluding carboxylic acids is 1. The topological polar surface area (TPSA) is 75.3 Å². The van der Waals surface area contributed by atoms with Gasteiger partial charge in [0.15, 0.2) is 0 Å². The Balaban J connectivity index is 2.30. The van der Waals surface area contributed by atoms with Gasteiger partial charge in [0, 0.05) is 6.54 Å². The van der Waals surface area contributed by atoms with Crippen LogP contribution in [-0.4, -0.2) is 26.9 Å². The molecular weight excluding hydrogens is 288 g/mol. The summed E-state index contributed by atoms with van der Waals surface area (Å²) >= 11 is 5.95. The minimum atomic E-state index is -3.80. The average Bonchev–Trinajstić information content (AvgIpc) is 2.31. The third-order valence-corrected chi connectivity index (χ3v) is 5.12. The van der Waals surface area contributed by atoms with Crippen molar-refractivity contribution in [1.82, 2.24) is 10.0 Å². The quantitative estimate of drug-likeness (QED) is 0.881. The Morgan fingerprint density at radius 3 is 2.79 bits per heavy atom. The van der Waals surface area contributed by atoms with Gasteiger partial charge in [-0.05, 0) is 31.4 Å². The summed E-state index contributed by atoms with van der Waals surface area (Å²) < 4.78 is 27.0. The van der Waals surface area contributed by atoms with Crippen LogP contribution in [-0.2, 0) is 14.8 Å². The molecular formula is C12H15ClN2O3S. The SMILES string of the molecule is Cc1cccc(Cl)c1S(=O)(=O)NC1CCCNC1=O. The molecule has 1 atom stereocenters. The van der Waals surface area contributed by atoms with E-state index in [0.29, 0.717) is 18.5 Å². The van der Waals surface area contributed by atoms with Gasteiger partial charge in [0.25, 0.3) is 0 Å². The summed E-state index contributed by atoms with van der Waals surface area (Å²) in [4.78, 5) is 11.6. The van der Waals surface area contributed by atoms with Crippen LogP contribution in [0.25, 0.3) is 0 Å². The van der Waals surface area contributed by atoms with E-state index in [4.69, 9.17) is 11.6 Å². The Bertz CT molecular complexity index is 581. The van der Waals surface area contributed by atoms with Gasteiger partial charge >= 0.3 is 0 Å². The largest absolute Gasteiger partial charge is 0.355 e. The van der Waals surface area contributed by atoms with Gasteiger partial charge in [-0.25, -0.2) is 8.42 Å². The number of amides is 1. The molecule has 7 heteroatoms. The smallest absolute Gasteiger partial charge is 0.243 e. The number of halogens is 1. The van der Waals surface area contributed by atoms with E-state index in [1.807, 2.05) is 0 Å². The molecule has 1 amide bonds. The first-order valence-corrected chi connectivity index (χ1v) is 7.83. The summed E-state index contributed by atoms with van der Waals surface area (Å²) in [5, 5.41) is 2.79. The van der Waals surface area contributed by atoms with E-state index in [0.717, 1.165) is 6.42 Å². The van der Waals surface area contributed by atoms with Crippen molar-refractivity contribution in [3.8, 4) is 0 Å². The van der Waals surface area contributed by atoms with Gasteiger partial charge in [0.1, 0.15) is 10.9 Å². The molecule has 0 aromatic heterocycles. The zero-order valence-corrected chi connectivity index (χ0v) is 12.0. The fourth-order valence-corrected chi connectivity index (χ4v) is 4.15. The van der Waals surface area contributed by atoms with Gasteiger partial charge in [0.2, 0.25) is 15.9 Å². The van der Waals surface area contributed by atoms with E-state index in [-0.39, 0.29) is 15.8 Å². The fourth-order valence-electron chi connectivity index (χ4n) is 2.09. The van der Waals surface area contributed by atoms with E-state index in [1.54, 1.807) is 19.1 Å². The van der Waals surface area contributed by atoms with Gasteiger partial charge in [-0.15, -0.1) is 0 Å². The molecule has 1 unspecified atom stereocenters. The summed E-state index contributed by atoms with van der Waals surface area (Å²) in [7, 11) is -3.80. The number of rotatable bonds is 3. The van der Waals surface area contributed by atoms with Crippen molar-refractivity contribution in [2.75, 3.05) is 6.54 Å². The number of carbonyl (C=O) groups is 1. The lowest BCUT2D eigenvalue weighted by Gasteiger charge is -2.23. The number of nitrogens with one attached hydrogen (secondary N) is 2. The maximum atomic E-state index is 12.3. The Morgan fingerprint density at radius 1 is 1.42 bits per heavy atom. The normalized spacial score (nSPS) is 20.1. The first-order chi connectivity index (χ1) is 8.92. The molecule has 0 bridgehead atoms. The molecule has 1 aromatic rings. The molecule has 2 rings (SSSR count). The van der Waals surface area contributed by atoms with Crippen molar-refractivity contribution in [1.29, 1.82) is 0 Å². The monoisotopic (exact) mass is 302 g/mol. The number of aryl methyl sites for hydroxylation is 1. The summed E-state index contributed by atoms with van der Waals surface area (Å²) in [6, 6.07) is 4.14. The summed E-state index contributed by atoms with van der Waals surface area (Å²) in [5.41, 5.74) is 0.552. The highest BCUT2D eigenvalue weighted by atomic mass is 35.5. The predicted octanol–water partition coefficient (Wildman–Crippen LogP) is 1.21. The van der Waals surface area contributed by atoms with Crippen molar-refractivity contribution in [2.45, 2.75) is 30.7 Å². The Labute approximate surface area is 117 Å². The first kappa shape index (κ1) is 14.3. The van der Waals surface area contributed by atoms with Crippen LogP contribution in [0.15, 0.2) is 23.1 Å². The molecule has 0 radical (unpaired) electrons. The van der Waals surface area contributed by atoms with Crippen LogP contribution in [0.3, 0.4) is 0 Å². The Morgan fingerprint density at radius 2 is 2.16 bits per heavy atom. The maximum Gasteiger partial charge on any atom is 0.243 e. The lowest BCUT2D eigenvalue weighted by atomic mass is 10.1. The number of benzene rings is 1. The van der Waals surface area contributed by atoms with Crippen LogP contribution in [0.5, 0.6) is 0 Å². The van der Waals surface area contributed by atoms with Crippen molar-refractivity contribution in [3.63, 3.8) is 0 Å². The highest BCUT2D eigenvalue weighted by Gasteiger charge is 2.29. The summed E-state index contributed by atoms with van der Waals surface area (Å²) in [6.45, 7) is 2.25. The predicted molar refractivity (Wildman–Crippen MR) is 72.5 cm³/mol. The highest BCUT2D eigenvalue weighted by molar-refractivity contribution is 7.89. The molecule has 0 aliphatic carbocycles. The first-order valence-electron chi connectivity index (χ1n) is 5.97. The second-order valence-corrected chi connectivity index (χ2v) is 6.55. The molecule has 0 saturated carbocycles. The van der Waals surface area contributed by atoms with Gasteiger partial charge in [-0.2, -0.15) is 4.72 Å². The van der Waals surface area contributed by atoms with E-state index >= 15 is 0 Å². The third-order valence-electron chi connectivity index (χ3n) is 3.02. The van der Waals surface area contributed by atoms with Crippen LogP contribution < -0.4 is 10.0 Å². The molecule has 19 heavy (non-hydrogen) atoms. The zero-order valence-electron chi connectivity index (χ0n) is 10.4. The van der Waals surface area contributed by atoms with E-state index < -0.39 is 16.1 Å².